The molecule has 0 aromatic heterocycles. The highest BCUT2D eigenvalue weighted by Crippen LogP contribution is 2.22. The summed E-state index contributed by atoms with van der Waals surface area (Å²) < 4.78 is 28.2. The van der Waals surface area contributed by atoms with Crippen LogP contribution in [-0.2, 0) is 23.0 Å². The summed E-state index contributed by atoms with van der Waals surface area (Å²) in [7, 11) is 0.331. The lowest BCUT2D eigenvalue weighted by molar-refractivity contribution is 0.195. The first-order valence-corrected chi connectivity index (χ1v) is 12.5. The zero-order valence-electron chi connectivity index (χ0n) is 20.0. The maximum Gasteiger partial charge on any atom is 0.319 e. The van der Waals surface area contributed by atoms with Crippen molar-refractivity contribution < 1.29 is 13.2 Å². The minimum atomic E-state index is -3.75. The van der Waals surface area contributed by atoms with Gasteiger partial charge in [-0.05, 0) is 81.9 Å². The zero-order valence-corrected chi connectivity index (χ0v) is 20.8. The number of hydrogen-bond donors (Lipinski definition) is 3. The molecule has 180 valence electrons. The average Bonchev–Trinajstić information content (AvgIpc) is 2.80. The van der Waals surface area contributed by atoms with Crippen LogP contribution in [0, 0.1) is 0 Å². The molecule has 34 heavy (non-hydrogen) atoms. The summed E-state index contributed by atoms with van der Waals surface area (Å²) in [5, 5.41) is 5.47. The first-order chi connectivity index (χ1) is 16.0. The van der Waals surface area contributed by atoms with Gasteiger partial charge in [0.2, 0.25) is 0 Å². The van der Waals surface area contributed by atoms with Gasteiger partial charge in [0.25, 0.3) is 10.0 Å². The molecule has 0 spiro atoms. The molecule has 2 amide bonds. The number of nitrogens with zero attached hydrogens (tertiary/aromatic N) is 1. The Balaban J connectivity index is 1.57. The molecule has 0 aliphatic rings. The van der Waals surface area contributed by atoms with Crippen LogP contribution in [0.5, 0.6) is 0 Å². The van der Waals surface area contributed by atoms with Crippen LogP contribution in [0.4, 0.5) is 16.2 Å². The first-order valence-electron chi connectivity index (χ1n) is 11.0. The van der Waals surface area contributed by atoms with E-state index < -0.39 is 10.0 Å². The number of benzene rings is 3. The number of hydrogen-bond acceptors (Lipinski definition) is 4. The van der Waals surface area contributed by atoms with Gasteiger partial charge in [0.05, 0.1) is 4.90 Å². The molecule has 3 N–H and O–H groups in total. The molecule has 0 fully saturated rings. The Hall–Kier alpha value is -3.36. The second-order valence-electron chi connectivity index (χ2n) is 9.00. The van der Waals surface area contributed by atoms with E-state index in [4.69, 9.17) is 0 Å². The van der Waals surface area contributed by atoms with Crippen molar-refractivity contribution in [2.75, 3.05) is 24.1 Å². The topological polar surface area (TPSA) is 90.5 Å². The zero-order chi connectivity index (χ0) is 24.8. The summed E-state index contributed by atoms with van der Waals surface area (Å²) in [5.41, 5.74) is 3.10. The lowest BCUT2D eigenvalue weighted by Gasteiger charge is -2.32. The Bertz CT molecular complexity index is 1190. The van der Waals surface area contributed by atoms with Crippen molar-refractivity contribution in [2.24, 2.45) is 0 Å². The molecular weight excluding hydrogens is 448 g/mol. The number of likely N-dealkylation sites (N-methyl/N-ethyl adjacent to an activating group) is 1. The molecule has 7 nitrogen and oxygen atoms in total. The summed E-state index contributed by atoms with van der Waals surface area (Å²) in [6, 6.07) is 22.6. The molecule has 3 rings (SSSR count). The van der Waals surface area contributed by atoms with Crippen LogP contribution in [0.25, 0.3) is 0 Å². The minimum Gasteiger partial charge on any atom is -0.334 e. The van der Waals surface area contributed by atoms with E-state index in [2.05, 4.69) is 34.1 Å². The predicted octanol–water partition coefficient (Wildman–Crippen LogP) is 4.69. The van der Waals surface area contributed by atoms with E-state index in [-0.39, 0.29) is 16.5 Å². The maximum absolute atomic E-state index is 12.8. The molecule has 3 aromatic rings. The van der Waals surface area contributed by atoms with Gasteiger partial charge < -0.3 is 15.5 Å². The average molecular weight is 481 g/mol. The molecule has 0 atom stereocenters. The SMILES string of the molecule is CN(C)C(C)(C)Cc1ccc(NS(=O)(=O)c2ccc(NC(=O)NCc3ccccc3)cc2)cc1. The Morgan fingerprint density at radius 2 is 1.41 bits per heavy atom. The molecule has 0 heterocycles. The Morgan fingerprint density at radius 1 is 0.824 bits per heavy atom. The summed E-state index contributed by atoms with van der Waals surface area (Å²) in [6.07, 6.45) is 0.848. The Labute approximate surface area is 202 Å². The van der Waals surface area contributed by atoms with Crippen LogP contribution in [0.15, 0.2) is 83.8 Å². The number of urea groups is 1. The molecule has 0 saturated carbocycles. The minimum absolute atomic E-state index is 0.00471. The highest BCUT2D eigenvalue weighted by molar-refractivity contribution is 7.92. The smallest absolute Gasteiger partial charge is 0.319 e. The van der Waals surface area contributed by atoms with E-state index in [0.29, 0.717) is 17.9 Å². The van der Waals surface area contributed by atoms with Crippen molar-refractivity contribution in [2.45, 2.75) is 37.2 Å². The summed E-state index contributed by atoms with van der Waals surface area (Å²) in [5.74, 6) is 0. The number of nitrogens with one attached hydrogen (secondary N) is 3. The second-order valence-corrected chi connectivity index (χ2v) is 10.7. The van der Waals surface area contributed by atoms with Crippen LogP contribution in [0.1, 0.15) is 25.0 Å². The fourth-order valence-corrected chi connectivity index (χ4v) is 4.29. The largest absolute Gasteiger partial charge is 0.334 e. The lowest BCUT2D eigenvalue weighted by Crippen LogP contribution is -2.40. The monoisotopic (exact) mass is 480 g/mol. The number of amides is 2. The van der Waals surface area contributed by atoms with Crippen LogP contribution in [0.3, 0.4) is 0 Å². The van der Waals surface area contributed by atoms with Gasteiger partial charge in [-0.3, -0.25) is 4.72 Å². The third-order valence-corrected chi connectivity index (χ3v) is 7.17. The molecule has 3 aromatic carbocycles. The third-order valence-electron chi connectivity index (χ3n) is 5.77. The molecular formula is C26H32N4O3S. The number of anilines is 2. The van der Waals surface area contributed by atoms with Crippen molar-refractivity contribution >= 4 is 27.4 Å². The lowest BCUT2D eigenvalue weighted by atomic mass is 9.94. The van der Waals surface area contributed by atoms with Crippen LogP contribution < -0.4 is 15.4 Å². The second kappa shape index (κ2) is 10.7. The van der Waals surface area contributed by atoms with Crippen molar-refractivity contribution in [3.8, 4) is 0 Å². The molecule has 0 radical (unpaired) electrons. The highest BCUT2D eigenvalue weighted by atomic mass is 32.2. The van der Waals surface area contributed by atoms with Crippen LogP contribution in [0.2, 0.25) is 0 Å². The standard InChI is InChI=1S/C26H32N4O3S/c1-26(2,30(3)4)18-20-10-12-23(13-11-20)29-34(32,33)24-16-14-22(15-17-24)28-25(31)27-19-21-8-6-5-7-9-21/h5-17,29H,18-19H2,1-4H3,(H2,27,28,31). The van der Waals surface area contributed by atoms with Gasteiger partial charge in [0, 0.05) is 23.5 Å². The number of carbonyl (C=O) groups is 1. The van der Waals surface area contributed by atoms with E-state index in [1.165, 1.54) is 12.1 Å². The highest BCUT2D eigenvalue weighted by Gasteiger charge is 2.21. The summed E-state index contributed by atoms with van der Waals surface area (Å²) >= 11 is 0. The quantitative estimate of drug-likeness (QED) is 0.414. The fraction of sp³-hybridized carbons (Fsp3) is 0.269. The van der Waals surface area contributed by atoms with E-state index >= 15 is 0 Å². The van der Waals surface area contributed by atoms with Gasteiger partial charge in [-0.25, -0.2) is 13.2 Å². The van der Waals surface area contributed by atoms with Gasteiger partial charge in [-0.1, -0.05) is 42.5 Å². The van der Waals surface area contributed by atoms with E-state index in [1.807, 2.05) is 56.6 Å². The maximum atomic E-state index is 12.8. The first kappa shape index (κ1) is 25.3. The molecule has 0 aliphatic heterocycles. The molecule has 8 heteroatoms. The van der Waals surface area contributed by atoms with Gasteiger partial charge in [-0.15, -0.1) is 0 Å². The summed E-state index contributed by atoms with van der Waals surface area (Å²) in [6.45, 7) is 4.72. The molecule has 0 bridgehead atoms. The molecule has 0 saturated heterocycles. The molecule has 0 unspecified atom stereocenters. The van der Waals surface area contributed by atoms with Crippen molar-refractivity contribution in [3.63, 3.8) is 0 Å². The van der Waals surface area contributed by atoms with Crippen LogP contribution >= 0.6 is 0 Å². The third kappa shape index (κ3) is 7.07. The Kier molecular flexibility index (Phi) is 7.96. The van der Waals surface area contributed by atoms with E-state index in [9.17, 15) is 13.2 Å². The number of rotatable bonds is 9. The van der Waals surface area contributed by atoms with Crippen molar-refractivity contribution in [3.05, 3.63) is 90.0 Å². The van der Waals surface area contributed by atoms with Crippen molar-refractivity contribution in [1.82, 2.24) is 10.2 Å². The van der Waals surface area contributed by atoms with Gasteiger partial charge in [0.15, 0.2) is 0 Å². The molecule has 0 aliphatic carbocycles. The van der Waals surface area contributed by atoms with Gasteiger partial charge in [0.1, 0.15) is 0 Å². The van der Waals surface area contributed by atoms with Crippen molar-refractivity contribution in [1.29, 1.82) is 0 Å². The van der Waals surface area contributed by atoms with E-state index in [1.54, 1.807) is 24.3 Å². The number of sulfonamides is 1. The fourth-order valence-electron chi connectivity index (χ4n) is 3.23. The van der Waals surface area contributed by atoms with Gasteiger partial charge in [-0.2, -0.15) is 0 Å². The normalized spacial score (nSPS) is 11.8. The van der Waals surface area contributed by atoms with Gasteiger partial charge >= 0.3 is 6.03 Å². The Morgan fingerprint density at radius 3 is 2.00 bits per heavy atom. The van der Waals surface area contributed by atoms with Crippen LogP contribution in [-0.4, -0.2) is 39.0 Å². The van der Waals surface area contributed by atoms with E-state index in [0.717, 1.165) is 17.5 Å². The summed E-state index contributed by atoms with van der Waals surface area (Å²) in [4.78, 5) is 14.4. The number of carbonyl (C=O) groups excluding carboxylic acids is 1. The predicted molar refractivity (Wildman–Crippen MR) is 137 cm³/mol.